The zero-order chi connectivity index (χ0) is 14.6. The number of furan rings is 1. The van der Waals surface area contributed by atoms with E-state index in [1.165, 1.54) is 6.26 Å². The molecule has 0 aliphatic carbocycles. The van der Waals surface area contributed by atoms with E-state index < -0.39 is 23.7 Å². The first-order chi connectivity index (χ1) is 8.67. The van der Waals surface area contributed by atoms with E-state index in [2.05, 4.69) is 5.32 Å². The highest BCUT2D eigenvalue weighted by Crippen LogP contribution is 2.20. The van der Waals surface area contributed by atoms with Crippen LogP contribution in [0.1, 0.15) is 44.6 Å². The molecule has 0 aliphatic rings. The summed E-state index contributed by atoms with van der Waals surface area (Å²) in [6, 6.07) is 0.936. The van der Waals surface area contributed by atoms with Gasteiger partial charge in [-0.15, -0.1) is 0 Å². The number of alkyl carbamates (subject to hydrolysis) is 1. The molecule has 1 amide bonds. The second kappa shape index (κ2) is 5.77. The fourth-order valence-electron chi connectivity index (χ4n) is 1.48. The Hall–Kier alpha value is -1.98. The van der Waals surface area contributed by atoms with Gasteiger partial charge in [-0.25, -0.2) is 4.79 Å². The first-order valence-electron chi connectivity index (χ1n) is 5.94. The molecule has 19 heavy (non-hydrogen) atoms. The molecule has 1 heterocycles. The van der Waals surface area contributed by atoms with E-state index in [0.717, 1.165) is 5.56 Å². The van der Waals surface area contributed by atoms with E-state index in [1.807, 2.05) is 6.92 Å². The van der Waals surface area contributed by atoms with Crippen molar-refractivity contribution in [2.45, 2.75) is 45.8 Å². The molecular weight excluding hydrogens is 250 g/mol. The van der Waals surface area contributed by atoms with E-state index >= 15 is 0 Å². The first kappa shape index (κ1) is 15.1. The van der Waals surface area contributed by atoms with Crippen LogP contribution in [0.2, 0.25) is 0 Å². The summed E-state index contributed by atoms with van der Waals surface area (Å²) in [6.45, 7) is 7.01. The summed E-state index contributed by atoms with van der Waals surface area (Å²) >= 11 is 0. The van der Waals surface area contributed by atoms with Crippen LogP contribution in [0.25, 0.3) is 0 Å². The van der Waals surface area contributed by atoms with Crippen LogP contribution in [-0.2, 0) is 9.53 Å². The van der Waals surface area contributed by atoms with Crippen molar-refractivity contribution in [3.8, 4) is 0 Å². The van der Waals surface area contributed by atoms with Gasteiger partial charge in [0.05, 0.1) is 12.7 Å². The smallest absolute Gasteiger partial charge is 0.408 e. The number of carboxylic acids is 1. The quantitative estimate of drug-likeness (QED) is 0.877. The Morgan fingerprint density at radius 1 is 1.47 bits per heavy atom. The van der Waals surface area contributed by atoms with Crippen molar-refractivity contribution in [1.29, 1.82) is 0 Å². The second-order valence-electron chi connectivity index (χ2n) is 5.32. The molecule has 0 spiro atoms. The summed E-state index contributed by atoms with van der Waals surface area (Å²) in [6.07, 6.45) is 0.556. The first-order valence-corrected chi connectivity index (χ1v) is 5.94. The summed E-state index contributed by atoms with van der Waals surface area (Å²) in [5.41, 5.74) is 0.216. The molecule has 0 aliphatic heterocycles. The lowest BCUT2D eigenvalue weighted by Gasteiger charge is -2.22. The Balaban J connectivity index is 2.76. The summed E-state index contributed by atoms with van der Waals surface area (Å²) in [5.74, 6) is -0.638. The normalized spacial score (nSPS) is 12.8. The van der Waals surface area contributed by atoms with E-state index in [1.54, 1.807) is 26.8 Å². The number of hydrogen-bond acceptors (Lipinski definition) is 4. The van der Waals surface area contributed by atoms with Gasteiger partial charge >= 0.3 is 12.1 Å². The molecule has 1 rings (SSSR count). The van der Waals surface area contributed by atoms with Crippen LogP contribution >= 0.6 is 0 Å². The molecule has 0 fully saturated rings. The summed E-state index contributed by atoms with van der Waals surface area (Å²) in [4.78, 5) is 22.5. The molecular formula is C13H19NO5. The number of carbonyl (C=O) groups excluding carboxylic acids is 1. The van der Waals surface area contributed by atoms with Crippen molar-refractivity contribution >= 4 is 12.1 Å². The van der Waals surface area contributed by atoms with Gasteiger partial charge in [0, 0.05) is 0 Å². The van der Waals surface area contributed by atoms with Crippen molar-refractivity contribution in [2.75, 3.05) is 0 Å². The minimum absolute atomic E-state index is 0.272. The van der Waals surface area contributed by atoms with E-state index in [-0.39, 0.29) is 6.42 Å². The zero-order valence-electron chi connectivity index (χ0n) is 11.5. The average Bonchev–Trinajstić information content (AvgIpc) is 2.60. The van der Waals surface area contributed by atoms with Crippen LogP contribution < -0.4 is 5.32 Å². The van der Waals surface area contributed by atoms with Crippen LogP contribution in [0.5, 0.6) is 0 Å². The lowest BCUT2D eigenvalue weighted by atomic mass is 10.1. The highest BCUT2D eigenvalue weighted by Gasteiger charge is 2.24. The number of carbonyl (C=O) groups is 2. The Bertz CT molecular complexity index is 458. The second-order valence-corrected chi connectivity index (χ2v) is 5.32. The molecule has 0 saturated carbocycles. The topological polar surface area (TPSA) is 88.8 Å². The number of aliphatic carboxylic acids is 1. The summed E-state index contributed by atoms with van der Waals surface area (Å²) in [7, 11) is 0. The largest absolute Gasteiger partial charge is 0.481 e. The van der Waals surface area contributed by atoms with E-state index in [9.17, 15) is 9.59 Å². The highest BCUT2D eigenvalue weighted by molar-refractivity contribution is 5.71. The lowest BCUT2D eigenvalue weighted by molar-refractivity contribution is -0.137. The molecule has 0 radical (unpaired) electrons. The van der Waals surface area contributed by atoms with Gasteiger partial charge in [-0.2, -0.15) is 0 Å². The minimum Gasteiger partial charge on any atom is -0.481 e. The third kappa shape index (κ3) is 5.46. The number of hydrogen-bond donors (Lipinski definition) is 2. The van der Waals surface area contributed by atoms with Crippen LogP contribution in [0.3, 0.4) is 0 Å². The number of ether oxygens (including phenoxy) is 1. The standard InChI is InChI=1S/C13H19NO5/c1-8-5-10(18-7-8)9(6-11(15)16)14-12(17)19-13(2,3)4/h5,7,9H,6H2,1-4H3,(H,14,17)(H,15,16). The Morgan fingerprint density at radius 2 is 2.11 bits per heavy atom. The predicted octanol–water partition coefficient (Wildman–Crippen LogP) is 2.63. The van der Waals surface area contributed by atoms with Gasteiger partial charge < -0.3 is 19.6 Å². The molecule has 1 aromatic heterocycles. The molecule has 6 nitrogen and oxygen atoms in total. The molecule has 6 heteroatoms. The molecule has 106 valence electrons. The van der Waals surface area contributed by atoms with Gasteiger partial charge in [-0.05, 0) is 39.3 Å². The van der Waals surface area contributed by atoms with Crippen LogP contribution in [0.4, 0.5) is 4.79 Å². The Morgan fingerprint density at radius 3 is 2.53 bits per heavy atom. The molecule has 0 saturated heterocycles. The van der Waals surface area contributed by atoms with Gasteiger partial charge in [0.2, 0.25) is 0 Å². The number of amides is 1. The molecule has 0 bridgehead atoms. The fraction of sp³-hybridized carbons (Fsp3) is 0.538. The summed E-state index contributed by atoms with van der Waals surface area (Å²) < 4.78 is 10.3. The lowest BCUT2D eigenvalue weighted by Crippen LogP contribution is -2.35. The van der Waals surface area contributed by atoms with Crippen molar-refractivity contribution in [3.63, 3.8) is 0 Å². The van der Waals surface area contributed by atoms with Crippen molar-refractivity contribution in [1.82, 2.24) is 5.32 Å². The Labute approximate surface area is 111 Å². The fourth-order valence-corrected chi connectivity index (χ4v) is 1.48. The average molecular weight is 269 g/mol. The monoisotopic (exact) mass is 269 g/mol. The molecule has 1 atom stereocenters. The van der Waals surface area contributed by atoms with Gasteiger partial charge in [0.25, 0.3) is 0 Å². The number of carboxylic acid groups (broad SMARTS) is 1. The van der Waals surface area contributed by atoms with Crippen molar-refractivity contribution in [2.24, 2.45) is 0 Å². The molecule has 2 N–H and O–H groups in total. The maximum Gasteiger partial charge on any atom is 0.408 e. The number of nitrogens with one attached hydrogen (secondary N) is 1. The molecule has 1 aromatic rings. The van der Waals surface area contributed by atoms with Gasteiger partial charge in [-0.3, -0.25) is 4.79 Å². The van der Waals surface area contributed by atoms with Crippen molar-refractivity contribution in [3.05, 3.63) is 23.7 Å². The van der Waals surface area contributed by atoms with E-state index in [4.69, 9.17) is 14.3 Å². The third-order valence-corrected chi connectivity index (χ3v) is 2.16. The maximum absolute atomic E-state index is 11.7. The van der Waals surface area contributed by atoms with Gasteiger partial charge in [0.15, 0.2) is 0 Å². The zero-order valence-corrected chi connectivity index (χ0v) is 11.5. The van der Waals surface area contributed by atoms with E-state index in [0.29, 0.717) is 5.76 Å². The predicted molar refractivity (Wildman–Crippen MR) is 67.8 cm³/mol. The van der Waals surface area contributed by atoms with Crippen LogP contribution in [0.15, 0.2) is 16.7 Å². The minimum atomic E-state index is -1.03. The summed E-state index contributed by atoms with van der Waals surface area (Å²) in [5, 5.41) is 11.4. The molecule has 0 aromatic carbocycles. The molecule has 1 unspecified atom stereocenters. The van der Waals surface area contributed by atoms with Gasteiger partial charge in [-0.1, -0.05) is 0 Å². The van der Waals surface area contributed by atoms with Crippen LogP contribution in [0, 0.1) is 6.92 Å². The van der Waals surface area contributed by atoms with Crippen molar-refractivity contribution < 1.29 is 23.8 Å². The third-order valence-electron chi connectivity index (χ3n) is 2.16. The number of aryl methyl sites for hydroxylation is 1. The Kier molecular flexibility index (Phi) is 4.58. The SMILES string of the molecule is Cc1coc(C(CC(=O)O)NC(=O)OC(C)(C)C)c1. The maximum atomic E-state index is 11.7. The highest BCUT2D eigenvalue weighted by atomic mass is 16.6. The van der Waals surface area contributed by atoms with Gasteiger partial charge in [0.1, 0.15) is 17.4 Å². The van der Waals surface area contributed by atoms with Crippen LogP contribution in [-0.4, -0.2) is 22.8 Å². The number of rotatable bonds is 4.